The summed E-state index contributed by atoms with van der Waals surface area (Å²) >= 11 is 0. The summed E-state index contributed by atoms with van der Waals surface area (Å²) in [5.74, 6) is -0.966. The lowest BCUT2D eigenvalue weighted by Gasteiger charge is -2.07. The largest absolute Gasteiger partial charge is 0.435 e. The summed E-state index contributed by atoms with van der Waals surface area (Å²) in [4.78, 5) is 0. The third-order valence-corrected chi connectivity index (χ3v) is 4.20. The Morgan fingerprint density at radius 1 is 1.22 bits per heavy atom. The smallest absolute Gasteiger partial charge is 0.271 e. The van der Waals surface area contributed by atoms with Crippen LogP contribution in [-0.4, -0.2) is 24.7 Å². The number of hydrogen-bond donors (Lipinski definition) is 1. The first-order valence-corrected chi connectivity index (χ1v) is 8.13. The molecule has 1 N–H and O–H groups in total. The molecule has 1 aromatic heterocycles. The standard InChI is InChI=1S/C13H13F4N3O2S/c14-11-3-1-2-10(8-11)9-23(21,22)18-5-7-20-6-4-12(19-20)13(15,16)17/h1-4,6,8,18H,5,7,9H2. The minimum atomic E-state index is -4.54. The van der Waals surface area contributed by atoms with Crippen molar-refractivity contribution in [1.82, 2.24) is 14.5 Å². The van der Waals surface area contributed by atoms with Crippen LogP contribution < -0.4 is 4.72 Å². The second kappa shape index (κ2) is 6.67. The molecule has 0 aliphatic rings. The molecule has 0 aliphatic heterocycles. The van der Waals surface area contributed by atoms with Gasteiger partial charge in [0.1, 0.15) is 5.82 Å². The summed E-state index contributed by atoms with van der Waals surface area (Å²) in [5, 5.41) is 3.30. The van der Waals surface area contributed by atoms with E-state index < -0.39 is 33.5 Å². The van der Waals surface area contributed by atoms with Crippen LogP contribution >= 0.6 is 0 Å². The number of nitrogens with zero attached hydrogens (tertiary/aromatic N) is 2. The number of halogens is 4. The van der Waals surface area contributed by atoms with Crippen LogP contribution in [-0.2, 0) is 28.5 Å². The van der Waals surface area contributed by atoms with E-state index in [0.717, 1.165) is 23.0 Å². The lowest BCUT2D eigenvalue weighted by atomic mass is 10.2. The topological polar surface area (TPSA) is 64.0 Å². The average molecular weight is 351 g/mol. The summed E-state index contributed by atoms with van der Waals surface area (Å²) in [6, 6.07) is 5.96. The maximum absolute atomic E-state index is 13.0. The van der Waals surface area contributed by atoms with Crippen LogP contribution in [0.5, 0.6) is 0 Å². The van der Waals surface area contributed by atoms with E-state index in [4.69, 9.17) is 0 Å². The van der Waals surface area contributed by atoms with Crippen LogP contribution in [0.3, 0.4) is 0 Å². The van der Waals surface area contributed by atoms with E-state index in [-0.39, 0.29) is 18.7 Å². The first-order chi connectivity index (χ1) is 10.7. The van der Waals surface area contributed by atoms with E-state index in [1.54, 1.807) is 0 Å². The Morgan fingerprint density at radius 3 is 2.57 bits per heavy atom. The van der Waals surface area contributed by atoms with Gasteiger partial charge in [0.2, 0.25) is 10.0 Å². The molecule has 23 heavy (non-hydrogen) atoms. The first-order valence-electron chi connectivity index (χ1n) is 6.48. The van der Waals surface area contributed by atoms with Crippen molar-refractivity contribution in [3.8, 4) is 0 Å². The van der Waals surface area contributed by atoms with Crippen molar-refractivity contribution in [2.45, 2.75) is 18.5 Å². The van der Waals surface area contributed by atoms with Crippen LogP contribution in [0, 0.1) is 5.82 Å². The SMILES string of the molecule is O=S(=O)(Cc1cccc(F)c1)NCCn1ccc(C(F)(F)F)n1. The second-order valence-electron chi connectivity index (χ2n) is 4.75. The summed E-state index contributed by atoms with van der Waals surface area (Å²) < 4.78 is 77.0. The maximum Gasteiger partial charge on any atom is 0.435 e. The number of benzene rings is 1. The minimum absolute atomic E-state index is 0.0571. The van der Waals surface area contributed by atoms with Crippen molar-refractivity contribution in [1.29, 1.82) is 0 Å². The summed E-state index contributed by atoms with van der Waals surface area (Å²) in [5.41, 5.74) is -0.768. The molecule has 0 amide bonds. The molecule has 126 valence electrons. The van der Waals surface area contributed by atoms with E-state index in [9.17, 15) is 26.0 Å². The van der Waals surface area contributed by atoms with Gasteiger partial charge in [-0.15, -0.1) is 0 Å². The third kappa shape index (κ3) is 5.32. The molecule has 2 rings (SSSR count). The van der Waals surface area contributed by atoms with Gasteiger partial charge < -0.3 is 0 Å². The molecule has 0 saturated carbocycles. The molecule has 5 nitrogen and oxygen atoms in total. The number of hydrogen-bond acceptors (Lipinski definition) is 3. The molecule has 10 heteroatoms. The molecule has 0 fully saturated rings. The lowest BCUT2D eigenvalue weighted by molar-refractivity contribution is -0.141. The van der Waals surface area contributed by atoms with E-state index >= 15 is 0 Å². The van der Waals surface area contributed by atoms with Gasteiger partial charge in [-0.2, -0.15) is 18.3 Å². The highest BCUT2D eigenvalue weighted by Gasteiger charge is 2.33. The quantitative estimate of drug-likeness (QED) is 0.811. The second-order valence-corrected chi connectivity index (χ2v) is 6.55. The van der Waals surface area contributed by atoms with Crippen LogP contribution in [0.1, 0.15) is 11.3 Å². The van der Waals surface area contributed by atoms with Crippen molar-refractivity contribution >= 4 is 10.0 Å². The van der Waals surface area contributed by atoms with Gasteiger partial charge >= 0.3 is 6.18 Å². The third-order valence-electron chi connectivity index (χ3n) is 2.84. The Hall–Kier alpha value is -1.94. The van der Waals surface area contributed by atoms with Gasteiger partial charge in [-0.3, -0.25) is 4.68 Å². The Morgan fingerprint density at radius 2 is 1.96 bits per heavy atom. The molecular weight excluding hydrogens is 338 g/mol. The van der Waals surface area contributed by atoms with Gasteiger partial charge in [0.25, 0.3) is 0 Å². The van der Waals surface area contributed by atoms with Crippen LogP contribution in [0.2, 0.25) is 0 Å². The molecular formula is C13H13F4N3O2S. The number of alkyl halides is 3. The van der Waals surface area contributed by atoms with Gasteiger partial charge in [-0.1, -0.05) is 12.1 Å². The fourth-order valence-electron chi connectivity index (χ4n) is 1.85. The zero-order chi connectivity index (χ0) is 17.1. The number of nitrogens with one attached hydrogen (secondary N) is 1. The fourth-order valence-corrected chi connectivity index (χ4v) is 2.97. The predicted molar refractivity (Wildman–Crippen MR) is 74.3 cm³/mol. The van der Waals surface area contributed by atoms with Crippen LogP contribution in [0.25, 0.3) is 0 Å². The number of rotatable bonds is 6. The molecule has 1 heterocycles. The molecule has 0 aliphatic carbocycles. The number of aromatic nitrogens is 2. The van der Waals surface area contributed by atoms with Crippen LogP contribution in [0.4, 0.5) is 17.6 Å². The zero-order valence-electron chi connectivity index (χ0n) is 11.7. The van der Waals surface area contributed by atoms with Gasteiger partial charge in [-0.05, 0) is 23.8 Å². The van der Waals surface area contributed by atoms with Crippen molar-refractivity contribution in [3.63, 3.8) is 0 Å². The fraction of sp³-hybridized carbons (Fsp3) is 0.308. The van der Waals surface area contributed by atoms with Gasteiger partial charge in [0.15, 0.2) is 5.69 Å². The maximum atomic E-state index is 13.0. The monoisotopic (exact) mass is 351 g/mol. The molecule has 0 saturated heterocycles. The number of sulfonamides is 1. The summed E-state index contributed by atoms with van der Waals surface area (Å²) in [6.45, 7) is -0.185. The van der Waals surface area contributed by atoms with E-state index in [2.05, 4.69) is 9.82 Å². The molecule has 2 aromatic rings. The summed E-state index contributed by atoms with van der Waals surface area (Å²) in [7, 11) is -3.72. The average Bonchev–Trinajstić information content (AvgIpc) is 2.86. The molecule has 0 bridgehead atoms. The Kier molecular flexibility index (Phi) is 5.05. The van der Waals surface area contributed by atoms with Crippen LogP contribution in [0.15, 0.2) is 36.5 Å². The molecule has 0 spiro atoms. The predicted octanol–water partition coefficient (Wildman–Crippen LogP) is 2.16. The highest BCUT2D eigenvalue weighted by atomic mass is 32.2. The molecule has 0 radical (unpaired) electrons. The minimum Gasteiger partial charge on any atom is -0.271 e. The summed E-state index contributed by atoms with van der Waals surface area (Å²) in [6.07, 6.45) is -3.42. The Bertz CT molecular complexity index is 772. The van der Waals surface area contributed by atoms with E-state index in [1.807, 2.05) is 0 Å². The highest BCUT2D eigenvalue weighted by molar-refractivity contribution is 7.88. The van der Waals surface area contributed by atoms with E-state index in [1.165, 1.54) is 18.2 Å². The van der Waals surface area contributed by atoms with Gasteiger partial charge in [-0.25, -0.2) is 17.5 Å². The Balaban J connectivity index is 1.89. The molecule has 0 unspecified atom stereocenters. The van der Waals surface area contributed by atoms with Gasteiger partial charge in [0.05, 0.1) is 12.3 Å². The van der Waals surface area contributed by atoms with Crippen molar-refractivity contribution in [3.05, 3.63) is 53.6 Å². The molecule has 0 atom stereocenters. The molecule has 1 aromatic carbocycles. The normalized spacial score (nSPS) is 12.5. The van der Waals surface area contributed by atoms with Gasteiger partial charge in [0, 0.05) is 12.7 Å². The van der Waals surface area contributed by atoms with Crippen molar-refractivity contribution in [2.24, 2.45) is 0 Å². The first kappa shape index (κ1) is 17.4. The van der Waals surface area contributed by atoms with Crippen molar-refractivity contribution < 1.29 is 26.0 Å². The lowest BCUT2D eigenvalue weighted by Crippen LogP contribution is -2.28. The van der Waals surface area contributed by atoms with Crippen molar-refractivity contribution in [2.75, 3.05) is 6.54 Å². The zero-order valence-corrected chi connectivity index (χ0v) is 12.5. The highest BCUT2D eigenvalue weighted by Crippen LogP contribution is 2.27. The van der Waals surface area contributed by atoms with E-state index in [0.29, 0.717) is 0 Å². The Labute approximate surface area is 130 Å².